The second-order valence-electron chi connectivity index (χ2n) is 5.72. The number of ether oxygens (including phenoxy) is 1. The number of aromatic amines is 1. The Labute approximate surface area is 146 Å². The molecule has 1 aromatic heterocycles. The van der Waals surface area contributed by atoms with Gasteiger partial charge in [-0.3, -0.25) is 9.59 Å². The molecule has 25 heavy (non-hydrogen) atoms. The standard InChI is InChI=1S/C18H21N3O4/c1-12-6-4-7-13(2)17(12)20-15(22)10-21(3)16(23)11-25-18(24)14-8-5-9-19-14/h4-9,19H,10-11H2,1-3H3,(H,20,22). The van der Waals surface area contributed by atoms with Crippen LogP contribution in [0.4, 0.5) is 5.69 Å². The van der Waals surface area contributed by atoms with Gasteiger partial charge >= 0.3 is 5.97 Å². The molecule has 0 radical (unpaired) electrons. The molecule has 0 atom stereocenters. The molecule has 0 unspecified atom stereocenters. The predicted molar refractivity (Wildman–Crippen MR) is 93.3 cm³/mol. The number of aromatic nitrogens is 1. The van der Waals surface area contributed by atoms with E-state index in [2.05, 4.69) is 10.3 Å². The van der Waals surface area contributed by atoms with Crippen molar-refractivity contribution in [2.24, 2.45) is 0 Å². The molecule has 0 saturated carbocycles. The van der Waals surface area contributed by atoms with Crippen molar-refractivity contribution in [1.82, 2.24) is 9.88 Å². The van der Waals surface area contributed by atoms with Gasteiger partial charge in [0.05, 0.1) is 6.54 Å². The molecule has 0 aliphatic rings. The lowest BCUT2D eigenvalue weighted by Crippen LogP contribution is -2.37. The molecule has 0 saturated heterocycles. The number of nitrogens with one attached hydrogen (secondary N) is 2. The lowest BCUT2D eigenvalue weighted by molar-refractivity contribution is -0.136. The first-order chi connectivity index (χ1) is 11.9. The highest BCUT2D eigenvalue weighted by molar-refractivity contribution is 5.96. The second-order valence-corrected chi connectivity index (χ2v) is 5.72. The first kappa shape index (κ1) is 18.3. The number of para-hydroxylation sites is 1. The van der Waals surface area contributed by atoms with E-state index in [0.29, 0.717) is 0 Å². The minimum Gasteiger partial charge on any atom is -0.451 e. The number of H-pyrrole nitrogens is 1. The van der Waals surface area contributed by atoms with E-state index in [4.69, 9.17) is 4.74 Å². The van der Waals surface area contributed by atoms with Crippen LogP contribution >= 0.6 is 0 Å². The molecule has 132 valence electrons. The molecule has 0 aliphatic heterocycles. The van der Waals surface area contributed by atoms with Gasteiger partial charge in [0, 0.05) is 18.9 Å². The Morgan fingerprint density at radius 1 is 1.12 bits per heavy atom. The summed E-state index contributed by atoms with van der Waals surface area (Å²) < 4.78 is 4.91. The van der Waals surface area contributed by atoms with Gasteiger partial charge in [0.25, 0.3) is 5.91 Å². The van der Waals surface area contributed by atoms with Crippen molar-refractivity contribution in [3.8, 4) is 0 Å². The Kier molecular flexibility index (Phi) is 5.94. The molecule has 2 aromatic rings. The smallest absolute Gasteiger partial charge is 0.355 e. The van der Waals surface area contributed by atoms with Crippen molar-refractivity contribution in [2.45, 2.75) is 13.8 Å². The van der Waals surface area contributed by atoms with Crippen molar-refractivity contribution in [1.29, 1.82) is 0 Å². The molecule has 7 nitrogen and oxygen atoms in total. The molecular formula is C18H21N3O4. The van der Waals surface area contributed by atoms with Crippen molar-refractivity contribution >= 4 is 23.5 Å². The van der Waals surface area contributed by atoms with Crippen molar-refractivity contribution in [3.63, 3.8) is 0 Å². The Morgan fingerprint density at radius 3 is 2.40 bits per heavy atom. The number of esters is 1. The Balaban J connectivity index is 1.84. The highest BCUT2D eigenvalue weighted by Crippen LogP contribution is 2.19. The van der Waals surface area contributed by atoms with E-state index in [0.717, 1.165) is 16.8 Å². The summed E-state index contributed by atoms with van der Waals surface area (Å²) in [6, 6.07) is 8.92. The predicted octanol–water partition coefficient (Wildman–Crippen LogP) is 1.89. The number of likely N-dealkylation sites (N-methyl/N-ethyl adjacent to an activating group) is 1. The monoisotopic (exact) mass is 343 g/mol. The molecule has 1 aromatic carbocycles. The van der Waals surface area contributed by atoms with Crippen molar-refractivity contribution < 1.29 is 19.1 Å². The van der Waals surface area contributed by atoms with E-state index in [1.165, 1.54) is 11.9 Å². The maximum absolute atomic E-state index is 12.1. The number of benzene rings is 1. The zero-order valence-corrected chi connectivity index (χ0v) is 14.5. The number of nitrogens with zero attached hydrogens (tertiary/aromatic N) is 1. The zero-order valence-electron chi connectivity index (χ0n) is 14.5. The van der Waals surface area contributed by atoms with E-state index in [9.17, 15) is 14.4 Å². The minimum absolute atomic E-state index is 0.132. The van der Waals surface area contributed by atoms with Crippen LogP contribution in [0.2, 0.25) is 0 Å². The first-order valence-corrected chi connectivity index (χ1v) is 7.79. The molecule has 0 aliphatic carbocycles. The summed E-state index contributed by atoms with van der Waals surface area (Å²) >= 11 is 0. The van der Waals surface area contributed by atoms with Crippen LogP contribution in [0.5, 0.6) is 0 Å². The van der Waals surface area contributed by atoms with Crippen molar-refractivity contribution in [2.75, 3.05) is 25.5 Å². The number of carbonyl (C=O) groups is 3. The van der Waals surface area contributed by atoms with Gasteiger partial charge in [-0.1, -0.05) is 18.2 Å². The van der Waals surface area contributed by atoms with Crippen LogP contribution in [-0.2, 0) is 14.3 Å². The molecule has 2 rings (SSSR count). The lowest BCUT2D eigenvalue weighted by Gasteiger charge is -2.18. The second kappa shape index (κ2) is 8.14. The Hall–Kier alpha value is -3.09. The zero-order chi connectivity index (χ0) is 18.4. The number of carbonyl (C=O) groups excluding carboxylic acids is 3. The summed E-state index contributed by atoms with van der Waals surface area (Å²) in [5.41, 5.74) is 2.90. The Bertz CT molecular complexity index is 748. The number of hydrogen-bond acceptors (Lipinski definition) is 4. The number of amides is 2. The largest absolute Gasteiger partial charge is 0.451 e. The fraction of sp³-hybridized carbons (Fsp3) is 0.278. The van der Waals surface area contributed by atoms with Gasteiger partial charge in [-0.2, -0.15) is 0 Å². The van der Waals surface area contributed by atoms with Gasteiger partial charge in [-0.15, -0.1) is 0 Å². The number of aryl methyl sites for hydroxylation is 2. The van der Waals surface area contributed by atoms with E-state index in [1.807, 2.05) is 32.0 Å². The van der Waals surface area contributed by atoms with Crippen LogP contribution in [0.15, 0.2) is 36.5 Å². The van der Waals surface area contributed by atoms with Crippen LogP contribution in [0.1, 0.15) is 21.6 Å². The van der Waals surface area contributed by atoms with Crippen LogP contribution in [0, 0.1) is 13.8 Å². The van der Waals surface area contributed by atoms with Gasteiger partial charge in [-0.05, 0) is 37.1 Å². The van der Waals surface area contributed by atoms with Gasteiger partial charge in [0.2, 0.25) is 5.91 Å². The highest BCUT2D eigenvalue weighted by atomic mass is 16.5. The van der Waals surface area contributed by atoms with Crippen LogP contribution in [0.3, 0.4) is 0 Å². The third-order valence-corrected chi connectivity index (χ3v) is 3.70. The van der Waals surface area contributed by atoms with Crippen LogP contribution in [0.25, 0.3) is 0 Å². The fourth-order valence-corrected chi connectivity index (χ4v) is 2.27. The molecule has 2 amide bonds. The molecule has 2 N–H and O–H groups in total. The normalized spacial score (nSPS) is 10.2. The average molecular weight is 343 g/mol. The van der Waals surface area contributed by atoms with Gasteiger partial charge in [0.1, 0.15) is 5.69 Å². The quantitative estimate of drug-likeness (QED) is 0.784. The van der Waals surface area contributed by atoms with Gasteiger partial charge < -0.3 is 19.9 Å². The number of rotatable bonds is 6. The molecule has 0 bridgehead atoms. The molecule has 0 fully saturated rings. The molecule has 1 heterocycles. The minimum atomic E-state index is -0.619. The molecule has 7 heteroatoms. The summed E-state index contributed by atoms with van der Waals surface area (Å²) in [4.78, 5) is 39.7. The fourth-order valence-electron chi connectivity index (χ4n) is 2.27. The topological polar surface area (TPSA) is 91.5 Å². The summed E-state index contributed by atoms with van der Waals surface area (Å²) in [5, 5.41) is 2.81. The summed E-state index contributed by atoms with van der Waals surface area (Å²) in [6.45, 7) is 3.24. The molecular weight excluding hydrogens is 322 g/mol. The summed E-state index contributed by atoms with van der Waals surface area (Å²) in [6.07, 6.45) is 1.59. The number of hydrogen-bond donors (Lipinski definition) is 2. The maximum atomic E-state index is 12.1. The summed E-state index contributed by atoms with van der Waals surface area (Å²) in [5.74, 6) is -1.40. The third kappa shape index (κ3) is 4.94. The third-order valence-electron chi connectivity index (χ3n) is 3.70. The van der Waals surface area contributed by atoms with Gasteiger partial charge in [-0.25, -0.2) is 4.79 Å². The van der Waals surface area contributed by atoms with Crippen molar-refractivity contribution in [3.05, 3.63) is 53.3 Å². The highest BCUT2D eigenvalue weighted by Gasteiger charge is 2.17. The summed E-state index contributed by atoms with van der Waals surface area (Å²) in [7, 11) is 1.48. The first-order valence-electron chi connectivity index (χ1n) is 7.79. The van der Waals surface area contributed by atoms with E-state index < -0.39 is 18.5 Å². The SMILES string of the molecule is Cc1cccc(C)c1NC(=O)CN(C)C(=O)COC(=O)c1ccc[nH]1. The average Bonchev–Trinajstić information content (AvgIpc) is 3.10. The Morgan fingerprint density at radius 2 is 1.80 bits per heavy atom. The van der Waals surface area contributed by atoms with Crippen LogP contribution < -0.4 is 5.32 Å². The molecule has 0 spiro atoms. The van der Waals surface area contributed by atoms with E-state index in [1.54, 1.807) is 18.3 Å². The van der Waals surface area contributed by atoms with E-state index >= 15 is 0 Å². The van der Waals surface area contributed by atoms with Crippen LogP contribution in [-0.4, -0.2) is 47.9 Å². The van der Waals surface area contributed by atoms with E-state index in [-0.39, 0.29) is 18.1 Å². The maximum Gasteiger partial charge on any atom is 0.355 e. The lowest BCUT2D eigenvalue weighted by atomic mass is 10.1. The number of anilines is 1. The van der Waals surface area contributed by atoms with Gasteiger partial charge in [0.15, 0.2) is 6.61 Å².